The molecular formula is C30H30FeN6. The normalized spacial score (nSPS) is 7.78. The van der Waals surface area contributed by atoms with E-state index >= 15 is 0 Å². The van der Waals surface area contributed by atoms with Crippen molar-refractivity contribution in [3.8, 4) is 0 Å². The molecule has 0 aliphatic carbocycles. The number of aromatic nitrogens is 6. The van der Waals surface area contributed by atoms with Gasteiger partial charge in [0, 0.05) is 91.4 Å². The third kappa shape index (κ3) is 27.5. The minimum Gasteiger partial charge on any atom is -0.265 e. The molecule has 0 aliphatic rings. The number of pyridine rings is 6. The third-order valence-electron chi connectivity index (χ3n) is 3.40. The van der Waals surface area contributed by atoms with Gasteiger partial charge in [0.25, 0.3) is 0 Å². The van der Waals surface area contributed by atoms with Crippen molar-refractivity contribution >= 4 is 0 Å². The van der Waals surface area contributed by atoms with Gasteiger partial charge in [-0.15, -0.1) is 0 Å². The van der Waals surface area contributed by atoms with Crippen LogP contribution >= 0.6 is 0 Å². The first kappa shape index (κ1) is 32.4. The summed E-state index contributed by atoms with van der Waals surface area (Å²) in [5.41, 5.74) is 0. The Hall–Kier alpha value is -4.58. The van der Waals surface area contributed by atoms with Gasteiger partial charge >= 0.3 is 0 Å². The Bertz CT molecular complexity index is 706. The van der Waals surface area contributed by atoms with Crippen LogP contribution in [-0.2, 0) is 17.1 Å². The molecule has 6 heterocycles. The zero-order chi connectivity index (χ0) is 25.5. The standard InChI is InChI=1S/6C5H5N.Fe/c6*1-2-4-6-5-3-1;/h6*1-5H;. The van der Waals surface area contributed by atoms with Gasteiger partial charge in [0.1, 0.15) is 0 Å². The quantitative estimate of drug-likeness (QED) is 0.209. The van der Waals surface area contributed by atoms with E-state index in [1.165, 1.54) is 0 Å². The van der Waals surface area contributed by atoms with Gasteiger partial charge in [0.15, 0.2) is 0 Å². The van der Waals surface area contributed by atoms with Crippen molar-refractivity contribution in [1.82, 2.24) is 29.9 Å². The van der Waals surface area contributed by atoms with Crippen LogP contribution in [-0.4, -0.2) is 29.9 Å². The van der Waals surface area contributed by atoms with Crippen LogP contribution in [0.25, 0.3) is 0 Å². The summed E-state index contributed by atoms with van der Waals surface area (Å²) in [7, 11) is 0. The number of nitrogens with zero attached hydrogens (tertiary/aromatic N) is 6. The first-order valence-electron chi connectivity index (χ1n) is 11.1. The van der Waals surface area contributed by atoms with E-state index in [4.69, 9.17) is 0 Å². The van der Waals surface area contributed by atoms with Gasteiger partial charge in [-0.05, 0) is 72.8 Å². The Morgan fingerprint density at radius 3 is 0.297 bits per heavy atom. The minimum atomic E-state index is 0. The third-order valence-corrected chi connectivity index (χ3v) is 3.40. The molecule has 0 saturated heterocycles. The van der Waals surface area contributed by atoms with Gasteiger partial charge in [-0.25, -0.2) is 0 Å². The van der Waals surface area contributed by atoms with Gasteiger partial charge in [-0.2, -0.15) is 0 Å². The van der Waals surface area contributed by atoms with Crippen molar-refractivity contribution in [2.45, 2.75) is 0 Å². The fourth-order valence-corrected chi connectivity index (χ4v) is 1.88. The largest absolute Gasteiger partial charge is 0.265 e. The Labute approximate surface area is 230 Å². The van der Waals surface area contributed by atoms with E-state index in [1.807, 2.05) is 109 Å². The summed E-state index contributed by atoms with van der Waals surface area (Å²) in [6.07, 6.45) is 21.0. The molecule has 37 heavy (non-hydrogen) atoms. The van der Waals surface area contributed by atoms with Crippen molar-refractivity contribution in [2.24, 2.45) is 0 Å². The zero-order valence-corrected chi connectivity index (χ0v) is 21.5. The molecule has 6 rings (SSSR count). The van der Waals surface area contributed by atoms with Crippen molar-refractivity contribution < 1.29 is 17.1 Å². The minimum absolute atomic E-state index is 0. The number of hydrogen-bond acceptors (Lipinski definition) is 6. The van der Waals surface area contributed by atoms with E-state index in [1.54, 1.807) is 74.4 Å². The summed E-state index contributed by atoms with van der Waals surface area (Å²) in [6.45, 7) is 0. The molecule has 0 aliphatic heterocycles. The topological polar surface area (TPSA) is 77.3 Å². The van der Waals surface area contributed by atoms with E-state index in [0.29, 0.717) is 0 Å². The summed E-state index contributed by atoms with van der Waals surface area (Å²) in [6, 6.07) is 34.3. The predicted octanol–water partition coefficient (Wildman–Crippen LogP) is 6.49. The van der Waals surface area contributed by atoms with Crippen molar-refractivity contribution in [2.75, 3.05) is 0 Å². The molecule has 0 spiro atoms. The molecule has 188 valence electrons. The van der Waals surface area contributed by atoms with Crippen LogP contribution in [0, 0.1) is 0 Å². The van der Waals surface area contributed by atoms with E-state index in [0.717, 1.165) is 0 Å². The predicted molar refractivity (Wildman–Crippen MR) is 145 cm³/mol. The summed E-state index contributed by atoms with van der Waals surface area (Å²) in [5, 5.41) is 0. The van der Waals surface area contributed by atoms with Gasteiger partial charge in [0.05, 0.1) is 0 Å². The van der Waals surface area contributed by atoms with Gasteiger partial charge < -0.3 is 0 Å². The van der Waals surface area contributed by atoms with E-state index < -0.39 is 0 Å². The van der Waals surface area contributed by atoms with E-state index in [-0.39, 0.29) is 17.1 Å². The Balaban J connectivity index is 0.000000418. The molecule has 0 atom stereocenters. The van der Waals surface area contributed by atoms with Gasteiger partial charge in [-0.1, -0.05) is 36.4 Å². The molecule has 0 unspecified atom stereocenters. The van der Waals surface area contributed by atoms with Gasteiger partial charge in [-0.3, -0.25) is 29.9 Å². The second-order valence-electron chi connectivity index (χ2n) is 6.15. The van der Waals surface area contributed by atoms with Crippen LogP contribution in [0.15, 0.2) is 184 Å². The SMILES string of the molecule is [Fe].c1ccncc1.c1ccncc1.c1ccncc1.c1ccncc1.c1ccncc1.c1ccncc1. The van der Waals surface area contributed by atoms with E-state index in [9.17, 15) is 0 Å². The molecule has 6 aromatic heterocycles. The molecule has 0 fully saturated rings. The molecule has 6 nitrogen and oxygen atoms in total. The fourth-order valence-electron chi connectivity index (χ4n) is 1.88. The summed E-state index contributed by atoms with van der Waals surface area (Å²) in [4.78, 5) is 22.7. The van der Waals surface area contributed by atoms with Crippen LogP contribution in [0.4, 0.5) is 0 Å². The maximum Gasteiger partial charge on any atom is 0.0267 e. The van der Waals surface area contributed by atoms with Crippen LogP contribution in [0.1, 0.15) is 0 Å². The molecule has 0 saturated carbocycles. The Morgan fingerprint density at radius 2 is 0.270 bits per heavy atom. The second-order valence-corrected chi connectivity index (χ2v) is 6.15. The van der Waals surface area contributed by atoms with E-state index in [2.05, 4.69) is 29.9 Å². The van der Waals surface area contributed by atoms with Crippen LogP contribution in [0.5, 0.6) is 0 Å². The molecule has 7 heteroatoms. The summed E-state index contributed by atoms with van der Waals surface area (Å²) >= 11 is 0. The molecule has 0 bridgehead atoms. The maximum atomic E-state index is 3.78. The van der Waals surface area contributed by atoms with Crippen molar-refractivity contribution in [3.63, 3.8) is 0 Å². The molecular weight excluding hydrogens is 500 g/mol. The fraction of sp³-hybridized carbons (Fsp3) is 0. The summed E-state index contributed by atoms with van der Waals surface area (Å²) in [5.74, 6) is 0. The molecule has 0 radical (unpaired) electrons. The van der Waals surface area contributed by atoms with Gasteiger partial charge in [0.2, 0.25) is 0 Å². The molecule has 0 aromatic carbocycles. The molecule has 0 N–H and O–H groups in total. The van der Waals surface area contributed by atoms with Crippen molar-refractivity contribution in [3.05, 3.63) is 184 Å². The van der Waals surface area contributed by atoms with Crippen LogP contribution < -0.4 is 0 Å². The monoisotopic (exact) mass is 530 g/mol. The first-order chi connectivity index (χ1) is 18.0. The molecule has 0 amide bonds. The zero-order valence-electron chi connectivity index (χ0n) is 20.4. The first-order valence-corrected chi connectivity index (χ1v) is 11.1. The second kappa shape index (κ2) is 29.5. The Kier molecular flexibility index (Phi) is 25.8. The number of hydrogen-bond donors (Lipinski definition) is 0. The Morgan fingerprint density at radius 1 is 0.162 bits per heavy atom. The smallest absolute Gasteiger partial charge is 0.0267 e. The average Bonchev–Trinajstić information content (AvgIpc) is 3.04. The average molecular weight is 530 g/mol. The van der Waals surface area contributed by atoms with Crippen LogP contribution in [0.3, 0.4) is 0 Å². The summed E-state index contributed by atoms with van der Waals surface area (Å²) < 4.78 is 0. The maximum absolute atomic E-state index is 3.78. The molecule has 6 aromatic rings. The van der Waals surface area contributed by atoms with Crippen LogP contribution in [0.2, 0.25) is 0 Å². The van der Waals surface area contributed by atoms with Crippen molar-refractivity contribution in [1.29, 1.82) is 0 Å². The number of rotatable bonds is 0.